The van der Waals surface area contributed by atoms with Crippen LogP contribution in [0.15, 0.2) is 103 Å². The van der Waals surface area contributed by atoms with Gasteiger partial charge in [0, 0.05) is 6.42 Å². The van der Waals surface area contributed by atoms with E-state index in [9.17, 15) is 31.1 Å². The smallest absolute Gasteiger partial charge is 0.406 e. The fourth-order valence-electron chi connectivity index (χ4n) is 4.72. The van der Waals surface area contributed by atoms with Crippen LogP contribution < -0.4 is 20.1 Å². The number of urea groups is 1. The standard InChI is InChI=1S/C30H22F6N4O3/c31-29(32,33)42-22-12-6-10-20(16-22)28(18-19-8-2-1-3-9-19,21-11-7-13-23(17-21)43-30(34,35)36)40-27(41)39-26-37-24-14-4-5-15-25(24)38-26/h1-17H,18H2,(H3,37,38,39,40,41). The number of H-pyrrole nitrogens is 1. The van der Waals surface area contributed by atoms with E-state index < -0.39 is 35.8 Å². The van der Waals surface area contributed by atoms with Crippen LogP contribution in [0, 0.1) is 0 Å². The number of halogens is 6. The third-order valence-corrected chi connectivity index (χ3v) is 6.38. The quantitative estimate of drug-likeness (QED) is 0.160. The number of ether oxygens (including phenoxy) is 2. The summed E-state index contributed by atoms with van der Waals surface area (Å²) in [6, 6.07) is 24.4. The molecule has 1 aromatic heterocycles. The van der Waals surface area contributed by atoms with Gasteiger partial charge in [0.15, 0.2) is 0 Å². The van der Waals surface area contributed by atoms with Crippen LogP contribution in [0.4, 0.5) is 37.1 Å². The van der Waals surface area contributed by atoms with Crippen molar-refractivity contribution in [2.24, 2.45) is 0 Å². The van der Waals surface area contributed by atoms with E-state index in [2.05, 4.69) is 30.1 Å². The lowest BCUT2D eigenvalue weighted by molar-refractivity contribution is -0.275. The molecule has 43 heavy (non-hydrogen) atoms. The van der Waals surface area contributed by atoms with Crippen LogP contribution in [0.5, 0.6) is 11.5 Å². The lowest BCUT2D eigenvalue weighted by atomic mass is 9.77. The number of carbonyl (C=O) groups excluding carboxylic acids is 1. The molecule has 0 aliphatic heterocycles. The minimum Gasteiger partial charge on any atom is -0.406 e. The molecule has 3 N–H and O–H groups in total. The lowest BCUT2D eigenvalue weighted by Crippen LogP contribution is -2.50. The van der Waals surface area contributed by atoms with Crippen molar-refractivity contribution in [1.82, 2.24) is 15.3 Å². The highest BCUT2D eigenvalue weighted by Crippen LogP contribution is 2.38. The summed E-state index contributed by atoms with van der Waals surface area (Å²) in [5.41, 5.74) is 0.220. The van der Waals surface area contributed by atoms with Crippen LogP contribution in [0.2, 0.25) is 0 Å². The summed E-state index contributed by atoms with van der Waals surface area (Å²) in [5, 5.41) is 5.38. The van der Waals surface area contributed by atoms with Gasteiger partial charge in [-0.05, 0) is 53.1 Å². The number of carbonyl (C=O) groups is 1. The Morgan fingerprint density at radius 3 is 1.84 bits per heavy atom. The molecule has 0 aliphatic carbocycles. The number of aromatic nitrogens is 2. The van der Waals surface area contributed by atoms with E-state index in [4.69, 9.17) is 0 Å². The number of anilines is 1. The Kier molecular flexibility index (Phi) is 7.89. The van der Waals surface area contributed by atoms with Gasteiger partial charge < -0.3 is 19.8 Å². The van der Waals surface area contributed by atoms with Gasteiger partial charge in [0.2, 0.25) is 5.95 Å². The second-order valence-electron chi connectivity index (χ2n) is 9.40. The number of fused-ring (bicyclic) bond motifs is 1. The fourth-order valence-corrected chi connectivity index (χ4v) is 4.72. The molecular weight excluding hydrogens is 578 g/mol. The van der Waals surface area contributed by atoms with E-state index in [1.165, 1.54) is 24.3 Å². The molecular formula is C30H22F6N4O3. The molecule has 5 aromatic rings. The molecule has 13 heteroatoms. The Balaban J connectivity index is 1.64. The SMILES string of the molecule is O=C(Nc1nc2ccccc2[nH]1)NC(Cc1ccccc1)(c1cccc(OC(F)(F)F)c1)c1cccc(OC(F)(F)F)c1. The molecule has 7 nitrogen and oxygen atoms in total. The number of nitrogens with one attached hydrogen (secondary N) is 3. The number of benzene rings is 4. The van der Waals surface area contributed by atoms with E-state index in [0.717, 1.165) is 24.3 Å². The van der Waals surface area contributed by atoms with Crippen molar-refractivity contribution in [3.63, 3.8) is 0 Å². The van der Waals surface area contributed by atoms with Crippen LogP contribution in [-0.2, 0) is 12.0 Å². The fraction of sp³-hybridized carbons (Fsp3) is 0.133. The summed E-state index contributed by atoms with van der Waals surface area (Å²) in [6.07, 6.45) is -10.1. The molecule has 0 fully saturated rings. The van der Waals surface area contributed by atoms with Gasteiger partial charge in [-0.2, -0.15) is 0 Å². The first-order valence-corrected chi connectivity index (χ1v) is 12.7. The summed E-state index contributed by atoms with van der Waals surface area (Å²) in [5.74, 6) is -1.12. The van der Waals surface area contributed by atoms with E-state index in [1.807, 2.05) is 0 Å². The van der Waals surface area contributed by atoms with Gasteiger partial charge in [0.05, 0.1) is 16.6 Å². The maximum atomic E-state index is 13.6. The van der Waals surface area contributed by atoms with E-state index in [1.54, 1.807) is 54.6 Å². The summed E-state index contributed by atoms with van der Waals surface area (Å²) in [4.78, 5) is 20.8. The van der Waals surface area contributed by atoms with Crippen molar-refractivity contribution in [3.8, 4) is 11.5 Å². The Morgan fingerprint density at radius 2 is 1.28 bits per heavy atom. The molecule has 0 unspecified atom stereocenters. The third kappa shape index (κ3) is 7.36. The van der Waals surface area contributed by atoms with Gasteiger partial charge in [-0.25, -0.2) is 9.78 Å². The van der Waals surface area contributed by atoms with Gasteiger partial charge in [0.1, 0.15) is 11.5 Å². The molecule has 0 spiro atoms. The van der Waals surface area contributed by atoms with E-state index in [0.29, 0.717) is 16.6 Å². The zero-order valence-corrected chi connectivity index (χ0v) is 22.0. The third-order valence-electron chi connectivity index (χ3n) is 6.38. The first kappa shape index (κ1) is 29.3. The predicted octanol–water partition coefficient (Wildman–Crippen LogP) is 7.67. The maximum Gasteiger partial charge on any atom is 0.573 e. The van der Waals surface area contributed by atoms with E-state index >= 15 is 0 Å². The molecule has 0 radical (unpaired) electrons. The number of hydrogen-bond donors (Lipinski definition) is 3. The monoisotopic (exact) mass is 600 g/mol. The van der Waals surface area contributed by atoms with Gasteiger partial charge in [-0.15, -0.1) is 26.3 Å². The Labute approximate surface area is 240 Å². The molecule has 5 rings (SSSR count). The molecule has 4 aromatic carbocycles. The normalized spacial score (nSPS) is 12.1. The highest BCUT2D eigenvalue weighted by Gasteiger charge is 2.39. The molecule has 0 atom stereocenters. The first-order chi connectivity index (χ1) is 20.4. The minimum atomic E-state index is -5.02. The zero-order valence-electron chi connectivity index (χ0n) is 22.0. The van der Waals surface area contributed by atoms with Gasteiger partial charge in [-0.3, -0.25) is 5.32 Å². The Hall–Kier alpha value is -5.20. The number of aromatic amines is 1. The number of nitrogens with zero attached hydrogens (tertiary/aromatic N) is 1. The number of rotatable bonds is 8. The van der Waals surface area contributed by atoms with Crippen LogP contribution in [0.1, 0.15) is 16.7 Å². The molecule has 222 valence electrons. The summed E-state index contributed by atoms with van der Waals surface area (Å²) >= 11 is 0. The van der Waals surface area contributed by atoms with Crippen LogP contribution in [-0.4, -0.2) is 28.7 Å². The number of alkyl halides is 6. The van der Waals surface area contributed by atoms with Crippen molar-refractivity contribution in [3.05, 3.63) is 120 Å². The number of amides is 2. The van der Waals surface area contributed by atoms with Gasteiger partial charge in [0.25, 0.3) is 0 Å². The van der Waals surface area contributed by atoms with Gasteiger partial charge >= 0.3 is 18.8 Å². The van der Waals surface area contributed by atoms with Crippen LogP contribution >= 0.6 is 0 Å². The second-order valence-corrected chi connectivity index (χ2v) is 9.40. The number of para-hydroxylation sites is 2. The van der Waals surface area contributed by atoms with Crippen molar-refractivity contribution in [2.75, 3.05) is 5.32 Å². The largest absolute Gasteiger partial charge is 0.573 e. The molecule has 1 heterocycles. The second kappa shape index (κ2) is 11.6. The van der Waals surface area contributed by atoms with Crippen molar-refractivity contribution >= 4 is 23.0 Å². The summed E-state index contributed by atoms with van der Waals surface area (Å²) in [6.45, 7) is 0. The minimum absolute atomic E-state index is 0.0654. The van der Waals surface area contributed by atoms with Crippen LogP contribution in [0.3, 0.4) is 0 Å². The molecule has 0 saturated heterocycles. The maximum absolute atomic E-state index is 13.6. The first-order valence-electron chi connectivity index (χ1n) is 12.7. The summed E-state index contributed by atoms with van der Waals surface area (Å²) in [7, 11) is 0. The molecule has 0 aliphatic rings. The average Bonchev–Trinajstić information content (AvgIpc) is 3.34. The zero-order chi connectivity index (χ0) is 30.7. The predicted molar refractivity (Wildman–Crippen MR) is 145 cm³/mol. The highest BCUT2D eigenvalue weighted by molar-refractivity contribution is 5.90. The van der Waals surface area contributed by atoms with Crippen molar-refractivity contribution in [2.45, 2.75) is 24.7 Å². The lowest BCUT2D eigenvalue weighted by Gasteiger charge is -2.37. The van der Waals surface area contributed by atoms with Gasteiger partial charge in [-0.1, -0.05) is 66.7 Å². The topological polar surface area (TPSA) is 88.3 Å². The van der Waals surface area contributed by atoms with E-state index in [-0.39, 0.29) is 23.5 Å². The molecule has 2 amide bonds. The Morgan fingerprint density at radius 1 is 0.721 bits per heavy atom. The highest BCUT2D eigenvalue weighted by atomic mass is 19.4. The average molecular weight is 601 g/mol. The molecule has 0 saturated carbocycles. The Bertz CT molecular complexity index is 1630. The number of imidazole rings is 1. The van der Waals surface area contributed by atoms with Crippen LogP contribution in [0.25, 0.3) is 11.0 Å². The summed E-state index contributed by atoms with van der Waals surface area (Å²) < 4.78 is 87.2. The van der Waals surface area contributed by atoms with Crippen molar-refractivity contribution in [1.29, 1.82) is 0 Å². The number of hydrogen-bond acceptors (Lipinski definition) is 4. The van der Waals surface area contributed by atoms with Crippen molar-refractivity contribution < 1.29 is 40.6 Å². The molecule has 0 bridgehead atoms.